The topological polar surface area (TPSA) is 29.3 Å². The Balaban J connectivity index is 1.85. The molecule has 2 N–H and O–H groups in total. The molecule has 3 heteroatoms. The zero-order valence-electron chi connectivity index (χ0n) is 11.2. The maximum atomic E-state index is 6.05. The number of anilines is 1. The number of nitrogens with two attached hydrogens (primary N) is 1. The van der Waals surface area contributed by atoms with Gasteiger partial charge in [-0.15, -0.1) is 0 Å². The predicted octanol–water partition coefficient (Wildman–Crippen LogP) is 3.93. The Morgan fingerprint density at radius 2 is 2.06 bits per heavy atom. The first-order chi connectivity index (χ1) is 8.69. The summed E-state index contributed by atoms with van der Waals surface area (Å²) in [7, 11) is 0. The van der Waals surface area contributed by atoms with E-state index in [4.69, 9.17) is 17.3 Å². The monoisotopic (exact) mass is 266 g/mol. The lowest BCUT2D eigenvalue weighted by atomic mass is 9.92. The maximum Gasteiger partial charge on any atom is 0.0638 e. The van der Waals surface area contributed by atoms with Crippen molar-refractivity contribution < 1.29 is 0 Å². The van der Waals surface area contributed by atoms with E-state index in [0.717, 1.165) is 12.5 Å². The Kier molecular flexibility index (Phi) is 4.90. The van der Waals surface area contributed by atoms with Crippen LogP contribution in [0, 0.1) is 5.92 Å². The molecule has 0 unspecified atom stereocenters. The molecule has 0 aliphatic carbocycles. The first-order valence-electron chi connectivity index (χ1n) is 6.95. The second-order valence-electron chi connectivity index (χ2n) is 5.36. The van der Waals surface area contributed by atoms with Crippen molar-refractivity contribution in [3.05, 3.63) is 28.8 Å². The molecule has 0 aromatic heterocycles. The van der Waals surface area contributed by atoms with E-state index in [-0.39, 0.29) is 0 Å². The molecule has 0 radical (unpaired) electrons. The fraction of sp³-hybridized carbons (Fsp3) is 0.600. The van der Waals surface area contributed by atoms with Gasteiger partial charge in [0, 0.05) is 6.54 Å². The number of hydrogen-bond donors (Lipinski definition) is 1. The van der Waals surface area contributed by atoms with Gasteiger partial charge in [-0.25, -0.2) is 0 Å². The highest BCUT2D eigenvalue weighted by Crippen LogP contribution is 2.24. The summed E-state index contributed by atoms with van der Waals surface area (Å²) < 4.78 is 0. The summed E-state index contributed by atoms with van der Waals surface area (Å²) in [5.41, 5.74) is 7.66. The molecule has 2 nitrogen and oxygen atoms in total. The van der Waals surface area contributed by atoms with E-state index in [1.54, 1.807) is 0 Å². The van der Waals surface area contributed by atoms with Gasteiger partial charge in [-0.05, 0) is 49.5 Å². The summed E-state index contributed by atoms with van der Waals surface area (Å²) in [6, 6.07) is 5.98. The van der Waals surface area contributed by atoms with Crippen LogP contribution in [-0.2, 0) is 6.54 Å². The number of nitrogens with zero attached hydrogens (tertiary/aromatic N) is 1. The van der Waals surface area contributed by atoms with Crippen molar-refractivity contribution in [1.29, 1.82) is 0 Å². The number of likely N-dealkylation sites (tertiary alicyclic amines) is 1. The molecule has 0 atom stereocenters. The highest BCUT2D eigenvalue weighted by Gasteiger charge is 2.18. The minimum absolute atomic E-state index is 0.669. The van der Waals surface area contributed by atoms with Gasteiger partial charge in [0.05, 0.1) is 10.7 Å². The minimum atomic E-state index is 0.669. The molecule has 0 bridgehead atoms. The average Bonchev–Trinajstić information content (AvgIpc) is 2.37. The Labute approximate surface area is 115 Å². The smallest absolute Gasteiger partial charge is 0.0638 e. The zero-order valence-corrected chi connectivity index (χ0v) is 11.9. The summed E-state index contributed by atoms with van der Waals surface area (Å²) in [6.07, 6.45) is 5.40. The highest BCUT2D eigenvalue weighted by atomic mass is 35.5. The van der Waals surface area contributed by atoms with E-state index in [0.29, 0.717) is 10.7 Å². The van der Waals surface area contributed by atoms with Crippen LogP contribution >= 0.6 is 11.6 Å². The van der Waals surface area contributed by atoms with E-state index in [1.807, 2.05) is 12.1 Å². The highest BCUT2D eigenvalue weighted by molar-refractivity contribution is 6.33. The molecule has 1 fully saturated rings. The molecule has 0 spiro atoms. The molecule has 18 heavy (non-hydrogen) atoms. The van der Waals surface area contributed by atoms with Gasteiger partial charge < -0.3 is 5.73 Å². The second-order valence-corrected chi connectivity index (χ2v) is 5.77. The van der Waals surface area contributed by atoms with Gasteiger partial charge in [-0.3, -0.25) is 4.90 Å². The van der Waals surface area contributed by atoms with Crippen LogP contribution in [0.15, 0.2) is 18.2 Å². The number of nitrogen functional groups attached to an aromatic ring is 1. The zero-order chi connectivity index (χ0) is 13.0. The molecule has 0 amide bonds. The van der Waals surface area contributed by atoms with Crippen LogP contribution in [0.5, 0.6) is 0 Å². The van der Waals surface area contributed by atoms with Crippen molar-refractivity contribution in [2.75, 3.05) is 18.8 Å². The van der Waals surface area contributed by atoms with E-state index in [1.165, 1.54) is 44.3 Å². The third-order valence-corrected chi connectivity index (χ3v) is 4.20. The summed E-state index contributed by atoms with van der Waals surface area (Å²) >= 11 is 6.05. The van der Waals surface area contributed by atoms with Crippen LogP contribution in [0.3, 0.4) is 0 Å². The van der Waals surface area contributed by atoms with E-state index < -0.39 is 0 Å². The van der Waals surface area contributed by atoms with Crippen molar-refractivity contribution in [2.45, 2.75) is 39.2 Å². The standard InChI is InChI=1S/C15H23ClN2/c1-2-3-12-6-8-18(9-7-12)11-13-4-5-15(17)14(16)10-13/h4-5,10,12H,2-3,6-9,11,17H2,1H3. The molecule has 1 aromatic rings. The summed E-state index contributed by atoms with van der Waals surface area (Å²) in [4.78, 5) is 2.52. The molecular formula is C15H23ClN2. The number of piperidine rings is 1. The van der Waals surface area contributed by atoms with Crippen LogP contribution in [0.2, 0.25) is 5.02 Å². The molecule has 1 aromatic carbocycles. The van der Waals surface area contributed by atoms with E-state index in [9.17, 15) is 0 Å². The van der Waals surface area contributed by atoms with Crippen molar-refractivity contribution >= 4 is 17.3 Å². The molecule has 100 valence electrons. The molecule has 0 saturated carbocycles. The Morgan fingerprint density at radius 1 is 1.33 bits per heavy atom. The molecule has 1 aliphatic heterocycles. The maximum absolute atomic E-state index is 6.05. The number of benzene rings is 1. The Bertz CT molecular complexity index is 384. The summed E-state index contributed by atoms with van der Waals surface area (Å²) in [6.45, 7) is 5.71. The Morgan fingerprint density at radius 3 is 2.67 bits per heavy atom. The van der Waals surface area contributed by atoms with Gasteiger partial charge in [-0.2, -0.15) is 0 Å². The predicted molar refractivity (Wildman–Crippen MR) is 78.8 cm³/mol. The number of hydrogen-bond acceptors (Lipinski definition) is 2. The van der Waals surface area contributed by atoms with Gasteiger partial charge in [0.1, 0.15) is 0 Å². The van der Waals surface area contributed by atoms with E-state index >= 15 is 0 Å². The first kappa shape index (κ1) is 13.7. The largest absolute Gasteiger partial charge is 0.398 e. The summed E-state index contributed by atoms with van der Waals surface area (Å²) in [5, 5.41) is 0.674. The van der Waals surface area contributed by atoms with Crippen LogP contribution in [-0.4, -0.2) is 18.0 Å². The third-order valence-electron chi connectivity index (χ3n) is 3.88. The minimum Gasteiger partial charge on any atom is -0.398 e. The van der Waals surface area contributed by atoms with Crippen molar-refractivity contribution in [1.82, 2.24) is 4.90 Å². The fourth-order valence-corrected chi connectivity index (χ4v) is 2.97. The number of halogens is 1. The normalized spacial score (nSPS) is 18.1. The van der Waals surface area contributed by atoms with Crippen LogP contribution in [0.1, 0.15) is 38.2 Å². The van der Waals surface area contributed by atoms with Crippen molar-refractivity contribution in [3.63, 3.8) is 0 Å². The van der Waals surface area contributed by atoms with Crippen LogP contribution in [0.25, 0.3) is 0 Å². The SMILES string of the molecule is CCCC1CCN(Cc2ccc(N)c(Cl)c2)CC1. The lowest BCUT2D eigenvalue weighted by Gasteiger charge is -2.31. The molecule has 1 aliphatic rings. The lowest BCUT2D eigenvalue weighted by Crippen LogP contribution is -2.33. The van der Waals surface area contributed by atoms with Gasteiger partial charge in [0.25, 0.3) is 0 Å². The number of rotatable bonds is 4. The molecule has 1 heterocycles. The molecule has 2 rings (SSSR count). The fourth-order valence-electron chi connectivity index (χ4n) is 2.77. The van der Waals surface area contributed by atoms with E-state index in [2.05, 4.69) is 17.9 Å². The Hall–Kier alpha value is -0.730. The summed E-state index contributed by atoms with van der Waals surface area (Å²) in [5.74, 6) is 0.946. The van der Waals surface area contributed by atoms with Crippen LogP contribution in [0.4, 0.5) is 5.69 Å². The van der Waals surface area contributed by atoms with Gasteiger partial charge in [0.15, 0.2) is 0 Å². The first-order valence-corrected chi connectivity index (χ1v) is 7.33. The second kappa shape index (κ2) is 6.44. The van der Waals surface area contributed by atoms with Crippen LogP contribution < -0.4 is 5.73 Å². The average molecular weight is 267 g/mol. The lowest BCUT2D eigenvalue weighted by molar-refractivity contribution is 0.172. The van der Waals surface area contributed by atoms with Gasteiger partial charge in [0.2, 0.25) is 0 Å². The van der Waals surface area contributed by atoms with Gasteiger partial charge in [-0.1, -0.05) is 37.4 Å². The molecule has 1 saturated heterocycles. The van der Waals surface area contributed by atoms with Crippen molar-refractivity contribution in [2.24, 2.45) is 5.92 Å². The molecular weight excluding hydrogens is 244 g/mol. The third kappa shape index (κ3) is 3.63. The van der Waals surface area contributed by atoms with Gasteiger partial charge >= 0.3 is 0 Å². The quantitative estimate of drug-likeness (QED) is 0.837. The van der Waals surface area contributed by atoms with Crippen molar-refractivity contribution in [3.8, 4) is 0 Å².